The van der Waals surface area contributed by atoms with Crippen LogP contribution >= 0.6 is 0 Å². The summed E-state index contributed by atoms with van der Waals surface area (Å²) < 4.78 is 16.4. The fourth-order valence-corrected chi connectivity index (χ4v) is 2.88. The van der Waals surface area contributed by atoms with Gasteiger partial charge in [-0.15, -0.1) is 0 Å². The Morgan fingerprint density at radius 2 is 2.00 bits per heavy atom. The summed E-state index contributed by atoms with van der Waals surface area (Å²) in [6.07, 6.45) is 1.76. The number of amides is 1. The largest absolute Gasteiger partial charge is 0.483 e. The second-order valence-corrected chi connectivity index (χ2v) is 6.42. The van der Waals surface area contributed by atoms with Crippen LogP contribution in [0.1, 0.15) is 37.3 Å². The summed E-state index contributed by atoms with van der Waals surface area (Å²) in [6, 6.07) is 13.7. The van der Waals surface area contributed by atoms with Gasteiger partial charge in [-0.3, -0.25) is 4.79 Å². The molecule has 2 aromatic rings. The molecule has 0 fully saturated rings. The molecule has 1 aliphatic rings. The summed E-state index contributed by atoms with van der Waals surface area (Å²) >= 11 is 0. The number of ether oxygens (including phenoxy) is 3. The molecule has 1 N–H and O–H groups in total. The van der Waals surface area contributed by atoms with E-state index in [9.17, 15) is 4.79 Å². The Labute approximate surface area is 154 Å². The van der Waals surface area contributed by atoms with E-state index in [1.54, 1.807) is 0 Å². The van der Waals surface area contributed by atoms with Crippen molar-refractivity contribution >= 4 is 5.91 Å². The lowest BCUT2D eigenvalue weighted by Gasteiger charge is -2.15. The van der Waals surface area contributed by atoms with E-state index in [0.29, 0.717) is 12.5 Å². The quantitative estimate of drug-likeness (QED) is 0.785. The van der Waals surface area contributed by atoms with E-state index < -0.39 is 0 Å². The summed E-state index contributed by atoms with van der Waals surface area (Å²) in [5, 5.41) is 2.90. The van der Waals surface area contributed by atoms with Crippen LogP contribution < -0.4 is 19.5 Å². The van der Waals surface area contributed by atoms with Crippen molar-refractivity contribution in [2.24, 2.45) is 0 Å². The Morgan fingerprint density at radius 1 is 1.19 bits per heavy atom. The van der Waals surface area contributed by atoms with Gasteiger partial charge in [0.1, 0.15) is 5.75 Å². The summed E-state index contributed by atoms with van der Waals surface area (Å²) in [5.74, 6) is 2.60. The zero-order chi connectivity index (χ0) is 18.4. The predicted molar refractivity (Wildman–Crippen MR) is 99.9 cm³/mol. The number of benzene rings is 2. The lowest BCUT2D eigenvalue weighted by Crippen LogP contribution is -2.30. The summed E-state index contributed by atoms with van der Waals surface area (Å²) in [7, 11) is 0. The van der Waals surface area contributed by atoms with Gasteiger partial charge in [-0.2, -0.15) is 0 Å². The van der Waals surface area contributed by atoms with Crippen LogP contribution in [0.5, 0.6) is 17.2 Å². The second-order valence-electron chi connectivity index (χ2n) is 6.42. The van der Waals surface area contributed by atoms with E-state index in [0.717, 1.165) is 41.2 Å². The van der Waals surface area contributed by atoms with Gasteiger partial charge >= 0.3 is 0 Å². The standard InChI is InChI=1S/C21H25NO4/c1-3-15(2)17-6-4-5-7-18(17)24-13-21(23)22-11-10-16-8-9-19-20(12-16)26-14-25-19/h4-9,12,15H,3,10-11,13-14H2,1-2H3,(H,22,23). The molecule has 0 saturated heterocycles. The number of hydrogen-bond donors (Lipinski definition) is 1. The number of hydrogen-bond acceptors (Lipinski definition) is 4. The smallest absolute Gasteiger partial charge is 0.257 e. The van der Waals surface area contributed by atoms with Crippen LogP contribution in [0.4, 0.5) is 0 Å². The molecule has 0 aromatic heterocycles. The fourth-order valence-electron chi connectivity index (χ4n) is 2.88. The molecule has 0 aliphatic carbocycles. The third-order valence-electron chi connectivity index (χ3n) is 4.59. The number of nitrogens with one attached hydrogen (secondary N) is 1. The van der Waals surface area contributed by atoms with Crippen molar-refractivity contribution in [3.05, 3.63) is 53.6 Å². The van der Waals surface area contributed by atoms with Crippen LogP contribution in [0.15, 0.2) is 42.5 Å². The zero-order valence-electron chi connectivity index (χ0n) is 15.3. The minimum atomic E-state index is -0.121. The second kappa shape index (κ2) is 8.61. The van der Waals surface area contributed by atoms with E-state index in [4.69, 9.17) is 14.2 Å². The van der Waals surface area contributed by atoms with Crippen molar-refractivity contribution in [3.63, 3.8) is 0 Å². The lowest BCUT2D eigenvalue weighted by molar-refractivity contribution is -0.123. The normalized spacial score (nSPS) is 13.3. The maximum absolute atomic E-state index is 12.1. The van der Waals surface area contributed by atoms with Crippen LogP contribution in [0.25, 0.3) is 0 Å². The number of carbonyl (C=O) groups is 1. The Balaban J connectivity index is 1.45. The third-order valence-corrected chi connectivity index (χ3v) is 4.59. The first kappa shape index (κ1) is 18.1. The Kier molecular flexibility index (Phi) is 6.00. The van der Waals surface area contributed by atoms with E-state index in [1.165, 1.54) is 0 Å². The van der Waals surface area contributed by atoms with Gasteiger partial charge in [0.15, 0.2) is 18.1 Å². The van der Waals surface area contributed by atoms with E-state index >= 15 is 0 Å². The highest BCUT2D eigenvalue weighted by Crippen LogP contribution is 2.32. The average Bonchev–Trinajstić information content (AvgIpc) is 3.14. The molecule has 5 heteroatoms. The van der Waals surface area contributed by atoms with Crippen molar-refractivity contribution in [3.8, 4) is 17.2 Å². The first-order valence-electron chi connectivity index (χ1n) is 9.04. The zero-order valence-corrected chi connectivity index (χ0v) is 15.3. The summed E-state index contributed by atoms with van der Waals surface area (Å²) in [6.45, 7) is 5.15. The molecule has 2 aromatic carbocycles. The SMILES string of the molecule is CCC(C)c1ccccc1OCC(=O)NCCc1ccc2c(c1)OCO2. The number of fused-ring (bicyclic) bond motifs is 1. The molecule has 1 amide bonds. The molecular weight excluding hydrogens is 330 g/mol. The van der Waals surface area contributed by atoms with Gasteiger partial charge < -0.3 is 19.5 Å². The first-order valence-corrected chi connectivity index (χ1v) is 9.04. The molecule has 138 valence electrons. The Bertz CT molecular complexity index is 759. The average molecular weight is 355 g/mol. The highest BCUT2D eigenvalue weighted by molar-refractivity contribution is 5.77. The minimum absolute atomic E-state index is 0.0224. The van der Waals surface area contributed by atoms with Crippen molar-refractivity contribution in [2.75, 3.05) is 19.9 Å². The molecule has 0 spiro atoms. The lowest BCUT2D eigenvalue weighted by atomic mass is 9.98. The number of rotatable bonds is 8. The van der Waals surface area contributed by atoms with Crippen LogP contribution in [0, 0.1) is 0 Å². The fraction of sp³-hybridized carbons (Fsp3) is 0.381. The van der Waals surface area contributed by atoms with Crippen molar-refractivity contribution in [2.45, 2.75) is 32.6 Å². The number of para-hydroxylation sites is 1. The highest BCUT2D eigenvalue weighted by atomic mass is 16.7. The Hall–Kier alpha value is -2.69. The molecule has 5 nitrogen and oxygen atoms in total. The molecule has 26 heavy (non-hydrogen) atoms. The van der Waals surface area contributed by atoms with Crippen LogP contribution in [0.3, 0.4) is 0 Å². The van der Waals surface area contributed by atoms with E-state index in [1.807, 2.05) is 36.4 Å². The monoisotopic (exact) mass is 355 g/mol. The molecule has 1 heterocycles. The van der Waals surface area contributed by atoms with Gasteiger partial charge in [0.25, 0.3) is 5.91 Å². The van der Waals surface area contributed by atoms with Gasteiger partial charge in [-0.05, 0) is 48.1 Å². The van der Waals surface area contributed by atoms with E-state index in [-0.39, 0.29) is 19.3 Å². The predicted octanol–water partition coefficient (Wildman–Crippen LogP) is 3.67. The molecule has 0 saturated carbocycles. The van der Waals surface area contributed by atoms with E-state index in [2.05, 4.69) is 25.2 Å². The molecular formula is C21H25NO4. The van der Waals surface area contributed by atoms with Gasteiger partial charge in [0.2, 0.25) is 6.79 Å². The van der Waals surface area contributed by atoms with Crippen molar-refractivity contribution in [1.82, 2.24) is 5.32 Å². The van der Waals surface area contributed by atoms with Gasteiger partial charge in [-0.1, -0.05) is 38.1 Å². The molecule has 1 atom stereocenters. The van der Waals surface area contributed by atoms with Crippen LogP contribution in [-0.2, 0) is 11.2 Å². The summed E-state index contributed by atoms with van der Waals surface area (Å²) in [4.78, 5) is 12.1. The first-order chi connectivity index (χ1) is 12.7. The van der Waals surface area contributed by atoms with Crippen LogP contribution in [-0.4, -0.2) is 25.9 Å². The molecule has 3 rings (SSSR count). The van der Waals surface area contributed by atoms with Crippen molar-refractivity contribution < 1.29 is 19.0 Å². The maximum Gasteiger partial charge on any atom is 0.257 e. The molecule has 0 bridgehead atoms. The number of carbonyl (C=O) groups excluding carboxylic acids is 1. The van der Waals surface area contributed by atoms with Crippen LogP contribution in [0.2, 0.25) is 0 Å². The minimum Gasteiger partial charge on any atom is -0.483 e. The topological polar surface area (TPSA) is 56.8 Å². The maximum atomic E-state index is 12.1. The molecule has 1 unspecified atom stereocenters. The van der Waals surface area contributed by atoms with Gasteiger partial charge in [0, 0.05) is 6.54 Å². The highest BCUT2D eigenvalue weighted by Gasteiger charge is 2.13. The van der Waals surface area contributed by atoms with Crippen molar-refractivity contribution in [1.29, 1.82) is 0 Å². The van der Waals surface area contributed by atoms with Gasteiger partial charge in [0.05, 0.1) is 0 Å². The third kappa shape index (κ3) is 4.48. The molecule has 1 aliphatic heterocycles. The Morgan fingerprint density at radius 3 is 2.85 bits per heavy atom. The van der Waals surface area contributed by atoms with Gasteiger partial charge in [-0.25, -0.2) is 0 Å². The summed E-state index contributed by atoms with van der Waals surface area (Å²) in [5.41, 5.74) is 2.24. The molecule has 0 radical (unpaired) electrons.